The van der Waals surface area contributed by atoms with Crippen LogP contribution in [-0.2, 0) is 0 Å². The van der Waals surface area contributed by atoms with Crippen LogP contribution in [0.4, 0.5) is 0 Å². The van der Waals surface area contributed by atoms with Gasteiger partial charge in [0, 0.05) is 11.6 Å². The van der Waals surface area contributed by atoms with E-state index in [1.807, 2.05) is 38.1 Å². The minimum Gasteiger partial charge on any atom is -0.497 e. The van der Waals surface area contributed by atoms with Crippen molar-refractivity contribution in [3.8, 4) is 5.75 Å². The lowest BCUT2D eigenvalue weighted by atomic mass is 9.90. The molecular weight excluding hydrogens is 176 g/mol. The first kappa shape index (κ1) is 11.0. The highest BCUT2D eigenvalue weighted by molar-refractivity contribution is 5.31. The van der Waals surface area contributed by atoms with Crippen LogP contribution in [0.1, 0.15) is 25.5 Å². The van der Waals surface area contributed by atoms with Gasteiger partial charge in [-0.1, -0.05) is 12.1 Å². The minimum atomic E-state index is -0.424. The minimum absolute atomic E-state index is 0.183. The third-order valence-electron chi connectivity index (χ3n) is 2.25. The molecule has 3 heteroatoms. The van der Waals surface area contributed by atoms with Gasteiger partial charge < -0.3 is 16.2 Å². The summed E-state index contributed by atoms with van der Waals surface area (Å²) in [6, 6.07) is 7.50. The summed E-state index contributed by atoms with van der Waals surface area (Å²) in [5.74, 6) is 0.808. The molecule has 0 aromatic heterocycles. The van der Waals surface area contributed by atoms with E-state index >= 15 is 0 Å². The van der Waals surface area contributed by atoms with Gasteiger partial charge in [-0.2, -0.15) is 0 Å². The van der Waals surface area contributed by atoms with Crippen molar-refractivity contribution in [2.45, 2.75) is 25.4 Å². The highest BCUT2D eigenvalue weighted by Crippen LogP contribution is 2.23. The lowest BCUT2D eigenvalue weighted by molar-refractivity contribution is 0.404. The third-order valence-corrected chi connectivity index (χ3v) is 2.25. The van der Waals surface area contributed by atoms with Crippen LogP contribution >= 0.6 is 0 Å². The summed E-state index contributed by atoms with van der Waals surface area (Å²) in [4.78, 5) is 0. The zero-order chi connectivity index (χ0) is 10.8. The van der Waals surface area contributed by atoms with Crippen LogP contribution in [-0.4, -0.2) is 12.6 Å². The van der Waals surface area contributed by atoms with Gasteiger partial charge in [-0.05, 0) is 31.5 Å². The van der Waals surface area contributed by atoms with Crippen molar-refractivity contribution < 1.29 is 4.74 Å². The molecule has 1 atom stereocenters. The number of hydrogen-bond acceptors (Lipinski definition) is 3. The van der Waals surface area contributed by atoms with Crippen molar-refractivity contribution in [2.75, 3.05) is 7.11 Å². The molecule has 0 aliphatic carbocycles. The Bertz CT molecular complexity index is 304. The molecule has 14 heavy (non-hydrogen) atoms. The monoisotopic (exact) mass is 194 g/mol. The lowest BCUT2D eigenvalue weighted by Crippen LogP contribution is -2.43. The smallest absolute Gasteiger partial charge is 0.119 e. The summed E-state index contributed by atoms with van der Waals surface area (Å²) in [6.45, 7) is 3.83. The van der Waals surface area contributed by atoms with Crippen molar-refractivity contribution in [3.05, 3.63) is 29.8 Å². The fourth-order valence-corrected chi connectivity index (χ4v) is 1.26. The Balaban J connectivity index is 2.95. The Labute approximate surface area is 85.0 Å². The molecule has 0 radical (unpaired) electrons. The van der Waals surface area contributed by atoms with E-state index in [1.54, 1.807) is 7.11 Å². The van der Waals surface area contributed by atoms with Crippen LogP contribution in [0.15, 0.2) is 24.3 Å². The molecule has 0 fully saturated rings. The molecule has 1 aromatic rings. The standard InChI is InChI=1S/C11H18N2O/c1-11(2,13)10(12)8-5-4-6-9(7-8)14-3/h4-7,10H,12-13H2,1-3H3. The summed E-state index contributed by atoms with van der Waals surface area (Å²) < 4.78 is 5.12. The Morgan fingerprint density at radius 3 is 2.50 bits per heavy atom. The molecule has 3 nitrogen and oxygen atoms in total. The quantitative estimate of drug-likeness (QED) is 0.765. The van der Waals surface area contributed by atoms with Gasteiger partial charge in [0.2, 0.25) is 0 Å². The van der Waals surface area contributed by atoms with Gasteiger partial charge in [0.15, 0.2) is 0 Å². The van der Waals surface area contributed by atoms with E-state index in [4.69, 9.17) is 16.2 Å². The Morgan fingerprint density at radius 1 is 1.36 bits per heavy atom. The van der Waals surface area contributed by atoms with Crippen LogP contribution in [0, 0.1) is 0 Å². The zero-order valence-electron chi connectivity index (χ0n) is 8.95. The average Bonchev–Trinajstić information content (AvgIpc) is 2.15. The highest BCUT2D eigenvalue weighted by Gasteiger charge is 2.22. The van der Waals surface area contributed by atoms with Crippen molar-refractivity contribution >= 4 is 0 Å². The van der Waals surface area contributed by atoms with E-state index in [-0.39, 0.29) is 6.04 Å². The number of benzene rings is 1. The molecule has 0 aliphatic rings. The number of ether oxygens (including phenoxy) is 1. The number of hydrogen-bond donors (Lipinski definition) is 2. The van der Waals surface area contributed by atoms with Gasteiger partial charge in [0.25, 0.3) is 0 Å². The molecular formula is C11H18N2O. The second kappa shape index (κ2) is 3.98. The van der Waals surface area contributed by atoms with Crippen LogP contribution < -0.4 is 16.2 Å². The molecule has 1 rings (SSSR count). The van der Waals surface area contributed by atoms with E-state index in [2.05, 4.69) is 0 Å². The number of rotatable bonds is 3. The fourth-order valence-electron chi connectivity index (χ4n) is 1.26. The molecule has 78 valence electrons. The summed E-state index contributed by atoms with van der Waals surface area (Å²) in [6.07, 6.45) is 0. The maximum atomic E-state index is 6.02. The molecule has 0 saturated carbocycles. The third kappa shape index (κ3) is 2.47. The highest BCUT2D eigenvalue weighted by atomic mass is 16.5. The van der Waals surface area contributed by atoms with Gasteiger partial charge in [-0.3, -0.25) is 0 Å². The molecule has 0 aliphatic heterocycles. The van der Waals surface area contributed by atoms with Crippen LogP contribution in [0.25, 0.3) is 0 Å². The first-order valence-electron chi connectivity index (χ1n) is 4.63. The normalized spacial score (nSPS) is 13.8. The van der Waals surface area contributed by atoms with Crippen molar-refractivity contribution in [1.82, 2.24) is 0 Å². The molecule has 1 unspecified atom stereocenters. The SMILES string of the molecule is COc1cccc(C(N)C(C)(C)N)c1. The Morgan fingerprint density at radius 2 is 2.00 bits per heavy atom. The molecule has 0 amide bonds. The Kier molecular flexibility index (Phi) is 3.13. The van der Waals surface area contributed by atoms with Crippen molar-refractivity contribution in [1.29, 1.82) is 0 Å². The number of methoxy groups -OCH3 is 1. The lowest BCUT2D eigenvalue weighted by Gasteiger charge is -2.27. The topological polar surface area (TPSA) is 61.3 Å². The van der Waals surface area contributed by atoms with E-state index < -0.39 is 5.54 Å². The van der Waals surface area contributed by atoms with E-state index in [1.165, 1.54) is 0 Å². The van der Waals surface area contributed by atoms with E-state index in [0.717, 1.165) is 11.3 Å². The summed E-state index contributed by atoms with van der Waals surface area (Å²) in [5, 5.41) is 0. The molecule has 0 spiro atoms. The zero-order valence-corrected chi connectivity index (χ0v) is 8.95. The second-order valence-electron chi connectivity index (χ2n) is 4.08. The van der Waals surface area contributed by atoms with Gasteiger partial charge in [0.05, 0.1) is 7.11 Å². The van der Waals surface area contributed by atoms with Crippen LogP contribution in [0.5, 0.6) is 5.75 Å². The fraction of sp³-hybridized carbons (Fsp3) is 0.455. The molecule has 0 heterocycles. The first-order valence-corrected chi connectivity index (χ1v) is 4.63. The maximum absolute atomic E-state index is 6.02. The van der Waals surface area contributed by atoms with Gasteiger partial charge in [-0.15, -0.1) is 0 Å². The molecule has 4 N–H and O–H groups in total. The maximum Gasteiger partial charge on any atom is 0.119 e. The Hall–Kier alpha value is -1.06. The predicted molar refractivity (Wildman–Crippen MR) is 58.2 cm³/mol. The van der Waals surface area contributed by atoms with E-state index in [9.17, 15) is 0 Å². The van der Waals surface area contributed by atoms with Crippen LogP contribution in [0.3, 0.4) is 0 Å². The van der Waals surface area contributed by atoms with Gasteiger partial charge >= 0.3 is 0 Å². The number of nitrogens with two attached hydrogens (primary N) is 2. The predicted octanol–water partition coefficient (Wildman–Crippen LogP) is 1.43. The first-order chi connectivity index (χ1) is 6.45. The van der Waals surface area contributed by atoms with E-state index in [0.29, 0.717) is 0 Å². The largest absolute Gasteiger partial charge is 0.497 e. The summed E-state index contributed by atoms with van der Waals surface area (Å²) in [7, 11) is 1.64. The molecule has 0 saturated heterocycles. The summed E-state index contributed by atoms with van der Waals surface area (Å²) in [5.41, 5.74) is 12.5. The average molecular weight is 194 g/mol. The van der Waals surface area contributed by atoms with Crippen molar-refractivity contribution in [3.63, 3.8) is 0 Å². The van der Waals surface area contributed by atoms with Gasteiger partial charge in [0.1, 0.15) is 5.75 Å². The van der Waals surface area contributed by atoms with Gasteiger partial charge in [-0.25, -0.2) is 0 Å². The van der Waals surface area contributed by atoms with Crippen molar-refractivity contribution in [2.24, 2.45) is 11.5 Å². The summed E-state index contributed by atoms with van der Waals surface area (Å²) >= 11 is 0. The van der Waals surface area contributed by atoms with Crippen LogP contribution in [0.2, 0.25) is 0 Å². The molecule has 0 bridgehead atoms. The molecule has 1 aromatic carbocycles. The second-order valence-corrected chi connectivity index (χ2v) is 4.08.